The molecule has 0 aromatic heterocycles. The highest BCUT2D eigenvalue weighted by molar-refractivity contribution is 6.02. The van der Waals surface area contributed by atoms with Crippen LogP contribution in [0.4, 0.5) is 18.9 Å². The van der Waals surface area contributed by atoms with Crippen molar-refractivity contribution in [2.75, 3.05) is 18.1 Å². The number of amides is 1. The lowest BCUT2D eigenvalue weighted by Gasteiger charge is -2.23. The number of alkyl halides is 3. The van der Waals surface area contributed by atoms with Crippen LogP contribution in [0.5, 0.6) is 0 Å². The highest BCUT2D eigenvalue weighted by Gasteiger charge is 2.44. The van der Waals surface area contributed by atoms with Crippen LogP contribution >= 0.6 is 0 Å². The maximum absolute atomic E-state index is 13.0. The van der Waals surface area contributed by atoms with E-state index in [0.717, 1.165) is 6.07 Å². The van der Waals surface area contributed by atoms with Crippen molar-refractivity contribution in [3.8, 4) is 0 Å². The normalized spacial score (nSPS) is 10.9. The molecule has 0 bridgehead atoms. The number of anilines is 1. The summed E-state index contributed by atoms with van der Waals surface area (Å²) in [7, 11) is 0. The van der Waals surface area contributed by atoms with E-state index >= 15 is 0 Å². The van der Waals surface area contributed by atoms with Crippen molar-refractivity contribution < 1.29 is 37.0 Å². The van der Waals surface area contributed by atoms with Crippen molar-refractivity contribution in [1.29, 1.82) is 0 Å². The van der Waals surface area contributed by atoms with Crippen LogP contribution in [0.15, 0.2) is 54.6 Å². The monoisotopic (exact) mass is 409 g/mol. The molecule has 0 saturated carbocycles. The van der Waals surface area contributed by atoms with Crippen molar-refractivity contribution in [2.24, 2.45) is 0 Å². The van der Waals surface area contributed by atoms with Gasteiger partial charge in [0, 0.05) is 5.69 Å². The summed E-state index contributed by atoms with van der Waals surface area (Å²) in [6, 6.07) is 13.4. The molecule has 154 valence electrons. The number of benzene rings is 2. The molecule has 29 heavy (non-hydrogen) atoms. The molecule has 6 nitrogen and oxygen atoms in total. The maximum Gasteiger partial charge on any atom is 0.471 e. The Kier molecular flexibility index (Phi) is 7.35. The average molecular weight is 409 g/mol. The van der Waals surface area contributed by atoms with Crippen LogP contribution in [0.25, 0.3) is 0 Å². The van der Waals surface area contributed by atoms with Crippen LogP contribution in [0, 0.1) is 0 Å². The fraction of sp³-hybridized carbons (Fsp3) is 0.250. The predicted octanol–water partition coefficient (Wildman–Crippen LogP) is 3.50. The van der Waals surface area contributed by atoms with Crippen molar-refractivity contribution in [3.05, 3.63) is 65.7 Å². The zero-order valence-corrected chi connectivity index (χ0v) is 15.4. The predicted molar refractivity (Wildman–Crippen MR) is 97.0 cm³/mol. The van der Waals surface area contributed by atoms with Gasteiger partial charge in [0.15, 0.2) is 0 Å². The van der Waals surface area contributed by atoms with E-state index < -0.39 is 30.6 Å². The van der Waals surface area contributed by atoms with Gasteiger partial charge in [0.2, 0.25) is 0 Å². The molecule has 0 N–H and O–H groups in total. The second-order valence-corrected chi connectivity index (χ2v) is 5.81. The number of halogens is 3. The summed E-state index contributed by atoms with van der Waals surface area (Å²) in [6.45, 7) is 0.512. The van der Waals surface area contributed by atoms with E-state index in [-0.39, 0.29) is 29.4 Å². The molecule has 0 fully saturated rings. The Morgan fingerprint density at radius 3 is 2.28 bits per heavy atom. The molecule has 9 heteroatoms. The summed E-state index contributed by atoms with van der Waals surface area (Å²) in [5, 5.41) is 0. The molecule has 0 saturated heterocycles. The highest BCUT2D eigenvalue weighted by Crippen LogP contribution is 2.25. The van der Waals surface area contributed by atoms with Crippen LogP contribution in [-0.4, -0.2) is 37.2 Å². The first-order valence-corrected chi connectivity index (χ1v) is 8.57. The molecule has 1 amide bonds. The minimum absolute atomic E-state index is 0.0537. The molecule has 2 aromatic rings. The Morgan fingerprint density at radius 2 is 1.66 bits per heavy atom. The molecule has 0 atom stereocenters. The molecule has 0 spiro atoms. The van der Waals surface area contributed by atoms with Gasteiger partial charge in [0.1, 0.15) is 13.2 Å². The fourth-order valence-corrected chi connectivity index (χ4v) is 2.36. The molecule has 2 aromatic carbocycles. The second kappa shape index (κ2) is 9.72. The van der Waals surface area contributed by atoms with Crippen molar-refractivity contribution in [2.45, 2.75) is 19.7 Å². The van der Waals surface area contributed by atoms with Crippen LogP contribution in [0.2, 0.25) is 0 Å². The number of nitrogens with zero attached hydrogens (tertiary/aromatic N) is 1. The third-order valence-corrected chi connectivity index (χ3v) is 3.69. The minimum atomic E-state index is -5.22. The molecule has 0 radical (unpaired) electrons. The van der Waals surface area contributed by atoms with Crippen molar-refractivity contribution in [3.63, 3.8) is 0 Å². The Morgan fingerprint density at radius 1 is 0.966 bits per heavy atom. The van der Waals surface area contributed by atoms with Crippen molar-refractivity contribution in [1.82, 2.24) is 0 Å². The van der Waals surface area contributed by atoms with Gasteiger partial charge >= 0.3 is 24.0 Å². The summed E-state index contributed by atoms with van der Waals surface area (Å²) in [5.41, 5.74) is 0.301. The third-order valence-electron chi connectivity index (χ3n) is 3.69. The summed E-state index contributed by atoms with van der Waals surface area (Å²) >= 11 is 0. The van der Waals surface area contributed by atoms with E-state index in [1.54, 1.807) is 37.3 Å². The highest BCUT2D eigenvalue weighted by atomic mass is 19.4. The van der Waals surface area contributed by atoms with Gasteiger partial charge in [-0.05, 0) is 30.7 Å². The summed E-state index contributed by atoms with van der Waals surface area (Å²) in [4.78, 5) is 36.0. The van der Waals surface area contributed by atoms with Crippen LogP contribution < -0.4 is 4.90 Å². The quantitative estimate of drug-likeness (QED) is 0.655. The van der Waals surface area contributed by atoms with Gasteiger partial charge < -0.3 is 9.47 Å². The summed E-state index contributed by atoms with van der Waals surface area (Å²) in [5.74, 6) is -4.05. The van der Waals surface area contributed by atoms with Crippen LogP contribution in [0.3, 0.4) is 0 Å². The lowest BCUT2D eigenvalue weighted by Crippen LogP contribution is -2.44. The van der Waals surface area contributed by atoms with Gasteiger partial charge in [-0.15, -0.1) is 0 Å². The van der Waals surface area contributed by atoms with Gasteiger partial charge in [0.25, 0.3) is 0 Å². The average Bonchev–Trinajstić information content (AvgIpc) is 2.70. The zero-order chi connectivity index (χ0) is 21.4. The van der Waals surface area contributed by atoms with E-state index in [0.29, 0.717) is 5.56 Å². The van der Waals surface area contributed by atoms with Crippen LogP contribution in [0.1, 0.15) is 22.8 Å². The smallest absolute Gasteiger partial charge is 0.462 e. The second-order valence-electron chi connectivity index (χ2n) is 5.81. The molecule has 0 unspecified atom stereocenters. The minimum Gasteiger partial charge on any atom is -0.462 e. The Labute approximate surface area is 164 Å². The largest absolute Gasteiger partial charge is 0.471 e. The fourth-order valence-electron chi connectivity index (χ4n) is 2.36. The molecule has 0 aliphatic carbocycles. The van der Waals surface area contributed by atoms with Gasteiger partial charge in [0.05, 0.1) is 12.2 Å². The third kappa shape index (κ3) is 6.34. The Bertz CT molecular complexity index is 868. The number of carbonyl (C=O) groups excluding carboxylic acids is 3. The Balaban J connectivity index is 2.21. The standard InChI is InChI=1S/C20H18F3NO5/c1-2-28-18(26)15-9-6-10-16(11-15)24(19(27)20(21,22)23)12-17(25)29-13-14-7-4-3-5-8-14/h3-11H,2,12-13H2,1H3. The van der Waals surface area contributed by atoms with E-state index in [4.69, 9.17) is 9.47 Å². The molecule has 0 heterocycles. The zero-order valence-electron chi connectivity index (χ0n) is 15.4. The number of hydrogen-bond acceptors (Lipinski definition) is 5. The molecular weight excluding hydrogens is 391 g/mol. The summed E-state index contributed by atoms with van der Waals surface area (Å²) < 4.78 is 48.9. The van der Waals surface area contributed by atoms with Gasteiger partial charge in [-0.2, -0.15) is 13.2 Å². The van der Waals surface area contributed by atoms with E-state index in [1.165, 1.54) is 18.2 Å². The molecule has 0 aliphatic rings. The van der Waals surface area contributed by atoms with Gasteiger partial charge in [-0.3, -0.25) is 14.5 Å². The lowest BCUT2D eigenvalue weighted by atomic mass is 10.2. The van der Waals surface area contributed by atoms with E-state index in [2.05, 4.69) is 0 Å². The molecule has 2 rings (SSSR count). The van der Waals surface area contributed by atoms with Crippen molar-refractivity contribution >= 4 is 23.5 Å². The number of esters is 2. The van der Waals surface area contributed by atoms with Gasteiger partial charge in [-0.1, -0.05) is 36.4 Å². The SMILES string of the molecule is CCOC(=O)c1cccc(N(CC(=O)OCc2ccccc2)C(=O)C(F)(F)F)c1. The molecule has 0 aliphatic heterocycles. The molecular formula is C20H18F3NO5. The number of carbonyl (C=O) groups is 3. The number of ether oxygens (including phenoxy) is 2. The first-order valence-electron chi connectivity index (χ1n) is 8.57. The topological polar surface area (TPSA) is 72.9 Å². The van der Waals surface area contributed by atoms with E-state index in [1.807, 2.05) is 0 Å². The number of hydrogen-bond donors (Lipinski definition) is 0. The first kappa shape index (κ1) is 21.9. The van der Waals surface area contributed by atoms with Crippen LogP contribution in [-0.2, 0) is 25.7 Å². The Hall–Kier alpha value is -3.36. The summed E-state index contributed by atoms with van der Waals surface area (Å²) in [6.07, 6.45) is -5.22. The lowest BCUT2D eigenvalue weighted by molar-refractivity contribution is -0.171. The number of rotatable bonds is 7. The maximum atomic E-state index is 13.0. The van der Waals surface area contributed by atoms with Gasteiger partial charge in [-0.25, -0.2) is 4.79 Å². The first-order chi connectivity index (χ1) is 13.7. The van der Waals surface area contributed by atoms with E-state index in [9.17, 15) is 27.6 Å².